The number of carbonyl (C=O) groups is 1. The monoisotopic (exact) mass is 494 g/mol. The summed E-state index contributed by atoms with van der Waals surface area (Å²) in [6.45, 7) is 0.195. The standard InChI is InChI=1S/C20H14BrClF2N4O2/c21-12-10-28(9-11-4-1-2-6-14(11)23)26-19(12)25-20(29)17-8-16(27-30-17)18-13(22)5-3-7-15(18)24/h1-7,10,17H,8-9H2,(H,25,26,29). The molecule has 2 aromatic carbocycles. The zero-order chi connectivity index (χ0) is 21.3. The van der Waals surface area contributed by atoms with Crippen molar-refractivity contribution in [3.63, 3.8) is 0 Å². The molecule has 0 bridgehead atoms. The molecule has 1 aliphatic heterocycles. The Labute approximate surface area is 183 Å². The van der Waals surface area contributed by atoms with Crippen LogP contribution >= 0.6 is 27.5 Å². The van der Waals surface area contributed by atoms with Crippen molar-refractivity contribution in [3.8, 4) is 0 Å². The number of anilines is 1. The Kier molecular flexibility index (Phi) is 5.83. The summed E-state index contributed by atoms with van der Waals surface area (Å²) in [6, 6.07) is 10.6. The molecule has 4 rings (SSSR count). The smallest absolute Gasteiger partial charge is 0.269 e. The Morgan fingerprint density at radius 3 is 2.77 bits per heavy atom. The Morgan fingerprint density at radius 1 is 1.23 bits per heavy atom. The summed E-state index contributed by atoms with van der Waals surface area (Å²) in [4.78, 5) is 17.7. The van der Waals surface area contributed by atoms with Crippen LogP contribution in [0.1, 0.15) is 17.5 Å². The van der Waals surface area contributed by atoms with Gasteiger partial charge in [-0.3, -0.25) is 9.48 Å². The van der Waals surface area contributed by atoms with Gasteiger partial charge < -0.3 is 10.2 Å². The van der Waals surface area contributed by atoms with Crippen molar-refractivity contribution in [1.82, 2.24) is 9.78 Å². The SMILES string of the molecule is O=C(Nc1nn(Cc2ccccc2F)cc1Br)C1CC(c2c(F)cccc2Cl)=NO1. The molecule has 1 atom stereocenters. The maximum absolute atomic E-state index is 14.1. The second-order valence-corrected chi connectivity index (χ2v) is 7.80. The van der Waals surface area contributed by atoms with E-state index >= 15 is 0 Å². The third kappa shape index (κ3) is 4.22. The number of nitrogens with zero attached hydrogens (tertiary/aromatic N) is 3. The highest BCUT2D eigenvalue weighted by Crippen LogP contribution is 2.27. The van der Waals surface area contributed by atoms with Crippen molar-refractivity contribution in [2.24, 2.45) is 5.16 Å². The average Bonchev–Trinajstić information content (AvgIpc) is 3.31. The molecule has 1 N–H and O–H groups in total. The minimum Gasteiger partial charge on any atom is -0.382 e. The van der Waals surface area contributed by atoms with Gasteiger partial charge in [-0.2, -0.15) is 5.10 Å². The highest BCUT2D eigenvalue weighted by atomic mass is 79.9. The fourth-order valence-electron chi connectivity index (χ4n) is 3.00. The molecule has 1 aliphatic rings. The van der Waals surface area contributed by atoms with Crippen LogP contribution in [0.5, 0.6) is 0 Å². The fourth-order valence-corrected chi connectivity index (χ4v) is 3.69. The molecule has 0 aliphatic carbocycles. The number of rotatable bonds is 5. The van der Waals surface area contributed by atoms with Gasteiger partial charge in [0.2, 0.25) is 6.10 Å². The highest BCUT2D eigenvalue weighted by Gasteiger charge is 2.32. The van der Waals surface area contributed by atoms with E-state index in [1.54, 1.807) is 24.4 Å². The van der Waals surface area contributed by atoms with E-state index in [4.69, 9.17) is 16.4 Å². The van der Waals surface area contributed by atoms with Crippen molar-refractivity contribution < 1.29 is 18.4 Å². The van der Waals surface area contributed by atoms with E-state index in [9.17, 15) is 13.6 Å². The molecule has 1 aromatic heterocycles. The normalized spacial score (nSPS) is 15.6. The van der Waals surface area contributed by atoms with Gasteiger partial charge >= 0.3 is 0 Å². The quantitative estimate of drug-likeness (QED) is 0.555. The van der Waals surface area contributed by atoms with Crippen LogP contribution < -0.4 is 5.32 Å². The molecule has 10 heteroatoms. The number of oxime groups is 1. The Balaban J connectivity index is 1.43. The number of nitrogens with one attached hydrogen (secondary N) is 1. The molecular formula is C20H14BrClF2N4O2. The molecule has 0 spiro atoms. The van der Waals surface area contributed by atoms with Gasteiger partial charge in [-0.15, -0.1) is 0 Å². The molecule has 3 aromatic rings. The van der Waals surface area contributed by atoms with E-state index in [-0.39, 0.29) is 40.9 Å². The molecule has 30 heavy (non-hydrogen) atoms. The lowest BCUT2D eigenvalue weighted by Crippen LogP contribution is -2.28. The van der Waals surface area contributed by atoms with Gasteiger partial charge in [0, 0.05) is 18.2 Å². The first-order chi connectivity index (χ1) is 14.4. The third-order valence-corrected chi connectivity index (χ3v) is 5.36. The van der Waals surface area contributed by atoms with Crippen molar-refractivity contribution in [2.45, 2.75) is 19.1 Å². The minimum absolute atomic E-state index is 0.0556. The van der Waals surface area contributed by atoms with E-state index in [1.807, 2.05) is 0 Å². The van der Waals surface area contributed by atoms with Crippen molar-refractivity contribution in [1.29, 1.82) is 0 Å². The second-order valence-electron chi connectivity index (χ2n) is 6.54. The summed E-state index contributed by atoms with van der Waals surface area (Å²) in [7, 11) is 0. The Bertz CT molecular complexity index is 1130. The number of hydrogen-bond donors (Lipinski definition) is 1. The lowest BCUT2D eigenvalue weighted by atomic mass is 10.0. The van der Waals surface area contributed by atoms with Gasteiger partial charge in [-0.05, 0) is 34.1 Å². The number of carbonyl (C=O) groups excluding carboxylic acids is 1. The van der Waals surface area contributed by atoms with E-state index < -0.39 is 17.8 Å². The zero-order valence-electron chi connectivity index (χ0n) is 15.3. The molecule has 1 amide bonds. The van der Waals surface area contributed by atoms with E-state index in [2.05, 4.69) is 31.5 Å². The molecule has 0 saturated carbocycles. The van der Waals surface area contributed by atoms with Crippen LogP contribution in [0.3, 0.4) is 0 Å². The van der Waals surface area contributed by atoms with Gasteiger partial charge in [-0.25, -0.2) is 8.78 Å². The average molecular weight is 496 g/mol. The predicted molar refractivity (Wildman–Crippen MR) is 111 cm³/mol. The Morgan fingerprint density at radius 2 is 2.00 bits per heavy atom. The van der Waals surface area contributed by atoms with E-state index in [1.165, 1.54) is 28.9 Å². The second kappa shape index (κ2) is 8.53. The van der Waals surface area contributed by atoms with Crippen LogP contribution in [0.2, 0.25) is 5.02 Å². The third-order valence-electron chi connectivity index (χ3n) is 4.46. The summed E-state index contributed by atoms with van der Waals surface area (Å²) in [5.74, 6) is -1.14. The van der Waals surface area contributed by atoms with Gasteiger partial charge in [-0.1, -0.05) is 41.0 Å². The first kappa shape index (κ1) is 20.5. The molecule has 2 heterocycles. The highest BCUT2D eigenvalue weighted by molar-refractivity contribution is 9.10. The number of benzene rings is 2. The fraction of sp³-hybridized carbons (Fsp3) is 0.150. The van der Waals surface area contributed by atoms with Crippen LogP contribution in [0.4, 0.5) is 14.6 Å². The Hall–Kier alpha value is -2.78. The molecule has 0 saturated heterocycles. The first-order valence-corrected chi connectivity index (χ1v) is 10.0. The van der Waals surface area contributed by atoms with Gasteiger partial charge in [0.25, 0.3) is 5.91 Å². The maximum atomic E-state index is 14.1. The van der Waals surface area contributed by atoms with Crippen LogP contribution in [0, 0.1) is 11.6 Å². The van der Waals surface area contributed by atoms with Crippen LogP contribution in [0.25, 0.3) is 0 Å². The predicted octanol–water partition coefficient (Wildman–Crippen LogP) is 4.76. The summed E-state index contributed by atoms with van der Waals surface area (Å²) in [5.41, 5.74) is 0.830. The zero-order valence-corrected chi connectivity index (χ0v) is 17.6. The molecule has 0 fully saturated rings. The largest absolute Gasteiger partial charge is 0.382 e. The maximum Gasteiger partial charge on any atom is 0.269 e. The van der Waals surface area contributed by atoms with Crippen LogP contribution in [-0.2, 0) is 16.2 Å². The van der Waals surface area contributed by atoms with E-state index in [0.717, 1.165) is 0 Å². The van der Waals surface area contributed by atoms with Crippen molar-refractivity contribution in [2.75, 3.05) is 5.32 Å². The summed E-state index contributed by atoms with van der Waals surface area (Å²) < 4.78 is 29.9. The molecule has 154 valence electrons. The van der Waals surface area contributed by atoms with Gasteiger partial charge in [0.1, 0.15) is 11.6 Å². The lowest BCUT2D eigenvalue weighted by molar-refractivity contribution is -0.125. The lowest BCUT2D eigenvalue weighted by Gasteiger charge is -2.08. The molecule has 0 radical (unpaired) electrons. The van der Waals surface area contributed by atoms with Crippen LogP contribution in [0.15, 0.2) is 58.3 Å². The minimum atomic E-state index is -0.959. The van der Waals surface area contributed by atoms with Gasteiger partial charge in [0.15, 0.2) is 5.82 Å². The number of aromatic nitrogens is 2. The van der Waals surface area contributed by atoms with Crippen molar-refractivity contribution >= 4 is 45.0 Å². The van der Waals surface area contributed by atoms with E-state index in [0.29, 0.717) is 10.0 Å². The summed E-state index contributed by atoms with van der Waals surface area (Å²) in [5, 5.41) is 10.9. The topological polar surface area (TPSA) is 68.5 Å². The summed E-state index contributed by atoms with van der Waals surface area (Å²) in [6.07, 6.45) is 0.720. The van der Waals surface area contributed by atoms with Crippen molar-refractivity contribution in [3.05, 3.63) is 80.9 Å². The number of halogens is 4. The first-order valence-electron chi connectivity index (χ1n) is 8.86. The van der Waals surface area contributed by atoms with Gasteiger partial charge in [0.05, 0.1) is 27.3 Å². The number of hydrogen-bond acceptors (Lipinski definition) is 4. The molecular weight excluding hydrogens is 482 g/mol. The summed E-state index contributed by atoms with van der Waals surface area (Å²) >= 11 is 9.37. The van der Waals surface area contributed by atoms with Crippen LogP contribution in [-0.4, -0.2) is 27.5 Å². The number of amides is 1. The molecule has 1 unspecified atom stereocenters. The molecule has 6 nitrogen and oxygen atoms in total.